The maximum Gasteiger partial charge on any atom is 0.349 e. The molecule has 1 aromatic heterocycles. The molecule has 2 heterocycles. The third kappa shape index (κ3) is 3.69. The molecule has 0 amide bonds. The van der Waals surface area contributed by atoms with Gasteiger partial charge in [-0.3, -0.25) is 0 Å². The van der Waals surface area contributed by atoms with Crippen molar-refractivity contribution >= 4 is 27.3 Å². The van der Waals surface area contributed by atoms with Gasteiger partial charge in [0.2, 0.25) is 10.0 Å². The molecule has 3 rings (SSSR count). The fraction of sp³-hybridized carbons (Fsp3) is 0.312. The van der Waals surface area contributed by atoms with Crippen molar-refractivity contribution in [3.63, 3.8) is 0 Å². The number of methoxy groups -OCH3 is 1. The predicted molar refractivity (Wildman–Crippen MR) is 91.4 cm³/mol. The number of carbonyl (C=O) groups excluding carboxylic acids is 1. The highest BCUT2D eigenvalue weighted by Gasteiger charge is 2.25. The lowest BCUT2D eigenvalue weighted by molar-refractivity contribution is 0.0602. The van der Waals surface area contributed by atoms with Gasteiger partial charge in [0.1, 0.15) is 15.5 Å². The molecule has 9 heteroatoms. The van der Waals surface area contributed by atoms with E-state index in [9.17, 15) is 18.3 Å². The molecular weight excluding hydrogens is 366 g/mol. The summed E-state index contributed by atoms with van der Waals surface area (Å²) in [5.41, 5.74) is 1.59. The van der Waals surface area contributed by atoms with Gasteiger partial charge < -0.3 is 14.6 Å². The number of aliphatic hydroxyl groups is 1. The second kappa shape index (κ2) is 7.12. The first-order valence-electron chi connectivity index (χ1n) is 7.51. The van der Waals surface area contributed by atoms with E-state index in [1.165, 1.54) is 18.6 Å². The number of hydrogen-bond donors (Lipinski definition) is 2. The minimum Gasteiger partial charge on any atom is -0.493 e. The molecular formula is C16H17NO6S2. The van der Waals surface area contributed by atoms with Crippen molar-refractivity contribution in [3.8, 4) is 5.75 Å². The molecule has 0 saturated heterocycles. The van der Waals surface area contributed by atoms with Crippen molar-refractivity contribution in [1.82, 2.24) is 4.72 Å². The summed E-state index contributed by atoms with van der Waals surface area (Å²) >= 11 is 0.983. The summed E-state index contributed by atoms with van der Waals surface area (Å²) in [5.74, 6) is 0.0760. The third-order valence-electron chi connectivity index (χ3n) is 3.85. The van der Waals surface area contributed by atoms with Crippen LogP contribution >= 0.6 is 11.3 Å². The van der Waals surface area contributed by atoms with Crippen LogP contribution in [0.1, 0.15) is 26.9 Å². The zero-order valence-electron chi connectivity index (χ0n) is 13.4. The molecule has 1 aromatic carbocycles. The van der Waals surface area contributed by atoms with Crippen molar-refractivity contribution in [2.75, 3.05) is 20.3 Å². The predicted octanol–water partition coefficient (Wildman–Crippen LogP) is 1.48. The van der Waals surface area contributed by atoms with Gasteiger partial charge in [-0.15, -0.1) is 11.3 Å². The highest BCUT2D eigenvalue weighted by molar-refractivity contribution is 7.89. The number of rotatable bonds is 6. The first kappa shape index (κ1) is 17.9. The van der Waals surface area contributed by atoms with Gasteiger partial charge in [0.15, 0.2) is 0 Å². The normalized spacial score (nSPS) is 14.6. The molecule has 1 atom stereocenters. The Balaban J connectivity index is 1.72. The van der Waals surface area contributed by atoms with Gasteiger partial charge in [0.05, 0.1) is 19.8 Å². The van der Waals surface area contributed by atoms with Crippen LogP contribution in [0.2, 0.25) is 0 Å². The number of ether oxygens (including phenoxy) is 2. The Hall–Kier alpha value is -1.94. The lowest BCUT2D eigenvalue weighted by Crippen LogP contribution is -2.29. The third-order valence-corrected chi connectivity index (χ3v) is 6.34. The smallest absolute Gasteiger partial charge is 0.349 e. The molecule has 25 heavy (non-hydrogen) atoms. The average molecular weight is 383 g/mol. The van der Waals surface area contributed by atoms with E-state index in [1.807, 2.05) is 6.07 Å². The molecule has 2 N–H and O–H groups in total. The zero-order valence-corrected chi connectivity index (χ0v) is 15.0. The number of benzene rings is 1. The van der Waals surface area contributed by atoms with E-state index in [-0.39, 0.29) is 16.3 Å². The molecule has 0 radical (unpaired) electrons. The molecule has 7 nitrogen and oxygen atoms in total. The summed E-state index contributed by atoms with van der Waals surface area (Å²) in [6, 6.07) is 6.61. The van der Waals surface area contributed by atoms with Crippen LogP contribution in [0.5, 0.6) is 5.75 Å². The SMILES string of the molecule is COC(=O)c1sccc1S(=O)(=O)NCC(O)c1ccc2c(c1)CCO2. The van der Waals surface area contributed by atoms with Crippen molar-refractivity contribution in [2.24, 2.45) is 0 Å². The number of fused-ring (bicyclic) bond motifs is 1. The van der Waals surface area contributed by atoms with E-state index in [1.54, 1.807) is 12.1 Å². The van der Waals surface area contributed by atoms with Crippen LogP contribution < -0.4 is 9.46 Å². The summed E-state index contributed by atoms with van der Waals surface area (Å²) in [6.07, 6.45) is -0.250. The van der Waals surface area contributed by atoms with Crippen LogP contribution in [0.15, 0.2) is 34.5 Å². The molecule has 0 aliphatic carbocycles. The van der Waals surface area contributed by atoms with E-state index in [4.69, 9.17) is 4.74 Å². The summed E-state index contributed by atoms with van der Waals surface area (Å²) in [5, 5.41) is 11.8. The molecule has 0 bridgehead atoms. The molecule has 0 saturated carbocycles. The molecule has 1 aliphatic rings. The van der Waals surface area contributed by atoms with E-state index in [0.29, 0.717) is 12.2 Å². The molecule has 1 unspecified atom stereocenters. The molecule has 0 fully saturated rings. The first-order valence-corrected chi connectivity index (χ1v) is 9.88. The van der Waals surface area contributed by atoms with Crippen LogP contribution in [-0.2, 0) is 21.2 Å². The quantitative estimate of drug-likeness (QED) is 0.733. The summed E-state index contributed by atoms with van der Waals surface area (Å²) in [7, 11) is -2.75. The Bertz CT molecular complexity index is 890. The molecule has 134 valence electrons. The van der Waals surface area contributed by atoms with Crippen molar-refractivity contribution in [2.45, 2.75) is 17.4 Å². The van der Waals surface area contributed by atoms with E-state index < -0.39 is 22.1 Å². The van der Waals surface area contributed by atoms with Gasteiger partial charge >= 0.3 is 5.97 Å². The Morgan fingerprint density at radius 2 is 2.24 bits per heavy atom. The molecule has 0 spiro atoms. The fourth-order valence-corrected chi connectivity index (χ4v) is 4.92. The molecule has 2 aromatic rings. The van der Waals surface area contributed by atoms with E-state index in [2.05, 4.69) is 9.46 Å². The highest BCUT2D eigenvalue weighted by Crippen LogP contribution is 2.28. The maximum absolute atomic E-state index is 12.4. The standard InChI is InChI=1S/C16H17NO6S2/c1-22-16(19)15-14(5-7-24-15)25(20,21)17-9-12(18)10-2-3-13-11(8-10)4-6-23-13/h2-3,5,7-8,12,17-18H,4,6,9H2,1H3. The Morgan fingerprint density at radius 1 is 1.44 bits per heavy atom. The number of aliphatic hydroxyl groups excluding tert-OH is 1. The average Bonchev–Trinajstić information content (AvgIpc) is 3.27. The minimum atomic E-state index is -3.94. The Kier molecular flexibility index (Phi) is 5.09. The second-order valence-corrected chi connectivity index (χ2v) is 8.09. The number of nitrogens with one attached hydrogen (secondary N) is 1. The summed E-state index contributed by atoms with van der Waals surface area (Å²) in [6.45, 7) is 0.397. The van der Waals surface area contributed by atoms with Gasteiger partial charge in [-0.05, 0) is 34.7 Å². The minimum absolute atomic E-state index is 0.000769. The van der Waals surface area contributed by atoms with Crippen LogP contribution in [0.3, 0.4) is 0 Å². The largest absolute Gasteiger partial charge is 0.493 e. The van der Waals surface area contributed by atoms with E-state index in [0.717, 1.165) is 29.1 Å². The number of carbonyl (C=O) groups is 1. The number of esters is 1. The van der Waals surface area contributed by atoms with Crippen LogP contribution in [-0.4, -0.2) is 39.8 Å². The zero-order chi connectivity index (χ0) is 18.0. The number of hydrogen-bond acceptors (Lipinski definition) is 7. The van der Waals surface area contributed by atoms with Crippen LogP contribution in [0.4, 0.5) is 0 Å². The number of thiophene rings is 1. The summed E-state index contributed by atoms with van der Waals surface area (Å²) in [4.78, 5) is 11.5. The highest BCUT2D eigenvalue weighted by atomic mass is 32.2. The lowest BCUT2D eigenvalue weighted by Gasteiger charge is -2.13. The fourth-order valence-electron chi connectivity index (χ4n) is 2.55. The van der Waals surface area contributed by atoms with Gasteiger partial charge in [0, 0.05) is 13.0 Å². The van der Waals surface area contributed by atoms with Crippen molar-refractivity contribution in [1.29, 1.82) is 0 Å². The molecule has 1 aliphatic heterocycles. The van der Waals surface area contributed by atoms with Gasteiger partial charge in [0.25, 0.3) is 0 Å². The van der Waals surface area contributed by atoms with Crippen molar-refractivity contribution in [3.05, 3.63) is 45.6 Å². The second-order valence-electron chi connectivity index (χ2n) is 5.44. The number of sulfonamides is 1. The maximum atomic E-state index is 12.4. The monoisotopic (exact) mass is 383 g/mol. The summed E-state index contributed by atoms with van der Waals surface area (Å²) < 4.78 is 37.2. The van der Waals surface area contributed by atoms with Gasteiger partial charge in [-0.1, -0.05) is 6.07 Å². The Labute approximate surface area is 149 Å². The Morgan fingerprint density at radius 3 is 3.00 bits per heavy atom. The van der Waals surface area contributed by atoms with Gasteiger partial charge in [-0.2, -0.15) is 0 Å². The topological polar surface area (TPSA) is 102 Å². The first-order chi connectivity index (χ1) is 11.9. The van der Waals surface area contributed by atoms with Gasteiger partial charge in [-0.25, -0.2) is 17.9 Å². The lowest BCUT2D eigenvalue weighted by atomic mass is 10.0. The van der Waals surface area contributed by atoms with Crippen molar-refractivity contribution < 1.29 is 27.8 Å². The van der Waals surface area contributed by atoms with E-state index >= 15 is 0 Å². The van der Waals surface area contributed by atoms with Crippen LogP contribution in [0.25, 0.3) is 0 Å². The van der Waals surface area contributed by atoms with Crippen LogP contribution in [0, 0.1) is 0 Å².